The number of rotatable bonds is 7. The number of sulfonamides is 1. The van der Waals surface area contributed by atoms with Crippen molar-refractivity contribution < 1.29 is 17.6 Å². The number of nitrogens with zero attached hydrogens (tertiary/aromatic N) is 1. The molecular weight excluding hydrogens is 270 g/mol. The maximum Gasteiger partial charge on any atom is 0.273 e. The van der Waals surface area contributed by atoms with E-state index in [9.17, 15) is 13.2 Å². The minimum atomic E-state index is -3.56. The number of amides is 1. The standard InChI is InChI=1S/C11H19N3O4S/c1-4-14(3)10(15)8-13-7-9-5-6-11(18-9)19(16,17)12-2/h5-6,12-13H,4,7-8H2,1-3H3. The summed E-state index contributed by atoms with van der Waals surface area (Å²) in [6, 6.07) is 2.94. The molecule has 8 heteroatoms. The van der Waals surface area contributed by atoms with Crippen LogP contribution in [0, 0.1) is 0 Å². The predicted octanol–water partition coefficient (Wildman–Crippen LogP) is -0.244. The summed E-state index contributed by atoms with van der Waals surface area (Å²) < 4.78 is 30.2. The predicted molar refractivity (Wildman–Crippen MR) is 70.0 cm³/mol. The van der Waals surface area contributed by atoms with Gasteiger partial charge in [-0.25, -0.2) is 13.1 Å². The molecule has 7 nitrogen and oxygen atoms in total. The molecule has 0 radical (unpaired) electrons. The molecule has 0 atom stereocenters. The van der Waals surface area contributed by atoms with Crippen molar-refractivity contribution in [2.75, 3.05) is 27.2 Å². The Morgan fingerprint density at radius 2 is 2.11 bits per heavy atom. The maximum atomic E-state index is 11.5. The molecule has 0 bridgehead atoms. The molecule has 0 aliphatic carbocycles. The van der Waals surface area contributed by atoms with Gasteiger partial charge in [0.05, 0.1) is 13.1 Å². The third-order valence-electron chi connectivity index (χ3n) is 2.65. The number of carbonyl (C=O) groups is 1. The molecule has 0 fully saturated rings. The Labute approximate surface area is 113 Å². The summed E-state index contributed by atoms with van der Waals surface area (Å²) in [6.07, 6.45) is 0. The van der Waals surface area contributed by atoms with E-state index in [1.54, 1.807) is 18.0 Å². The lowest BCUT2D eigenvalue weighted by atomic mass is 10.4. The Hall–Kier alpha value is -1.38. The minimum absolute atomic E-state index is 0.0304. The van der Waals surface area contributed by atoms with Crippen LogP contribution in [0.1, 0.15) is 12.7 Å². The van der Waals surface area contributed by atoms with Crippen molar-refractivity contribution in [3.8, 4) is 0 Å². The van der Waals surface area contributed by atoms with Crippen molar-refractivity contribution in [3.05, 3.63) is 17.9 Å². The second-order valence-corrected chi connectivity index (χ2v) is 5.76. The van der Waals surface area contributed by atoms with Crippen molar-refractivity contribution in [2.24, 2.45) is 0 Å². The minimum Gasteiger partial charge on any atom is -0.447 e. The number of carbonyl (C=O) groups excluding carboxylic acids is 1. The fourth-order valence-electron chi connectivity index (χ4n) is 1.30. The SMILES string of the molecule is CCN(C)C(=O)CNCc1ccc(S(=O)(=O)NC)o1. The van der Waals surface area contributed by atoms with Crippen LogP contribution < -0.4 is 10.0 Å². The van der Waals surface area contributed by atoms with Crippen LogP contribution in [0.3, 0.4) is 0 Å². The van der Waals surface area contributed by atoms with E-state index < -0.39 is 10.0 Å². The first-order chi connectivity index (χ1) is 8.90. The summed E-state index contributed by atoms with van der Waals surface area (Å²) in [5.74, 6) is 0.429. The van der Waals surface area contributed by atoms with Crippen LogP contribution in [0.25, 0.3) is 0 Å². The van der Waals surface area contributed by atoms with Gasteiger partial charge in [-0.3, -0.25) is 4.79 Å². The van der Waals surface area contributed by atoms with Gasteiger partial charge in [-0.15, -0.1) is 0 Å². The molecular formula is C11H19N3O4S. The highest BCUT2D eigenvalue weighted by atomic mass is 32.2. The van der Waals surface area contributed by atoms with Gasteiger partial charge in [0.15, 0.2) is 0 Å². The number of likely N-dealkylation sites (N-methyl/N-ethyl adjacent to an activating group) is 1. The zero-order valence-corrected chi connectivity index (χ0v) is 12.1. The number of nitrogens with one attached hydrogen (secondary N) is 2. The lowest BCUT2D eigenvalue weighted by Gasteiger charge is -2.14. The Bertz CT molecular complexity index is 524. The van der Waals surface area contributed by atoms with E-state index in [1.165, 1.54) is 13.1 Å². The molecule has 108 valence electrons. The van der Waals surface area contributed by atoms with Crippen LogP contribution >= 0.6 is 0 Å². The molecule has 0 saturated heterocycles. The summed E-state index contributed by atoms with van der Waals surface area (Å²) in [4.78, 5) is 13.1. The molecule has 1 heterocycles. The molecule has 19 heavy (non-hydrogen) atoms. The zero-order valence-electron chi connectivity index (χ0n) is 11.3. The van der Waals surface area contributed by atoms with Gasteiger partial charge in [0.2, 0.25) is 11.0 Å². The molecule has 2 N–H and O–H groups in total. The van der Waals surface area contributed by atoms with Gasteiger partial charge in [-0.05, 0) is 26.1 Å². The Balaban J connectivity index is 2.50. The Kier molecular flexibility index (Phi) is 5.52. The van der Waals surface area contributed by atoms with Crippen molar-refractivity contribution in [1.82, 2.24) is 14.9 Å². The van der Waals surface area contributed by atoms with Gasteiger partial charge in [0.25, 0.3) is 10.0 Å². The average molecular weight is 289 g/mol. The van der Waals surface area contributed by atoms with Crippen molar-refractivity contribution in [3.63, 3.8) is 0 Å². The van der Waals surface area contributed by atoms with Crippen LogP contribution in [0.15, 0.2) is 21.6 Å². The van der Waals surface area contributed by atoms with Gasteiger partial charge in [0, 0.05) is 13.6 Å². The lowest BCUT2D eigenvalue weighted by molar-refractivity contribution is -0.128. The summed E-state index contributed by atoms with van der Waals surface area (Å²) in [6.45, 7) is 3.01. The van der Waals surface area contributed by atoms with Gasteiger partial charge in [-0.2, -0.15) is 0 Å². The Morgan fingerprint density at radius 3 is 2.68 bits per heavy atom. The third-order valence-corrected chi connectivity index (χ3v) is 3.93. The van der Waals surface area contributed by atoms with E-state index in [-0.39, 0.29) is 17.5 Å². The zero-order chi connectivity index (χ0) is 14.5. The van der Waals surface area contributed by atoms with Crippen LogP contribution in [0.4, 0.5) is 0 Å². The highest BCUT2D eigenvalue weighted by molar-refractivity contribution is 7.89. The molecule has 0 spiro atoms. The van der Waals surface area contributed by atoms with Gasteiger partial charge in [-0.1, -0.05) is 0 Å². The first-order valence-electron chi connectivity index (χ1n) is 5.87. The monoisotopic (exact) mass is 289 g/mol. The van der Waals surface area contributed by atoms with E-state index >= 15 is 0 Å². The second-order valence-electron chi connectivity index (χ2n) is 3.94. The van der Waals surface area contributed by atoms with Crippen molar-refractivity contribution in [1.29, 1.82) is 0 Å². The summed E-state index contributed by atoms with van der Waals surface area (Å²) in [5, 5.41) is 2.76. The highest BCUT2D eigenvalue weighted by Crippen LogP contribution is 2.12. The summed E-state index contributed by atoms with van der Waals surface area (Å²) in [5.41, 5.74) is 0. The number of hydrogen-bond acceptors (Lipinski definition) is 5. The van der Waals surface area contributed by atoms with Crippen molar-refractivity contribution >= 4 is 15.9 Å². The van der Waals surface area contributed by atoms with E-state index in [2.05, 4.69) is 10.0 Å². The topological polar surface area (TPSA) is 91.7 Å². The molecule has 1 amide bonds. The van der Waals surface area contributed by atoms with E-state index in [1.807, 2.05) is 6.92 Å². The highest BCUT2D eigenvalue weighted by Gasteiger charge is 2.16. The van der Waals surface area contributed by atoms with Crippen LogP contribution in [0.5, 0.6) is 0 Å². The van der Waals surface area contributed by atoms with Crippen LogP contribution in [0.2, 0.25) is 0 Å². The van der Waals surface area contributed by atoms with Crippen LogP contribution in [-0.4, -0.2) is 46.4 Å². The molecule has 1 rings (SSSR count). The first-order valence-corrected chi connectivity index (χ1v) is 7.36. The molecule has 0 aromatic carbocycles. The number of hydrogen-bond donors (Lipinski definition) is 2. The Morgan fingerprint density at radius 1 is 1.42 bits per heavy atom. The summed E-state index contributed by atoms with van der Waals surface area (Å²) >= 11 is 0. The van der Waals surface area contributed by atoms with Gasteiger partial charge >= 0.3 is 0 Å². The largest absolute Gasteiger partial charge is 0.447 e. The summed E-state index contributed by atoms with van der Waals surface area (Å²) in [7, 11) is -0.524. The molecule has 0 saturated carbocycles. The average Bonchev–Trinajstić information content (AvgIpc) is 2.87. The van der Waals surface area contributed by atoms with Crippen LogP contribution in [-0.2, 0) is 21.4 Å². The lowest BCUT2D eigenvalue weighted by Crippen LogP contribution is -2.35. The first kappa shape index (κ1) is 15.7. The smallest absolute Gasteiger partial charge is 0.273 e. The molecule has 1 aromatic rings. The molecule has 0 aliphatic heterocycles. The molecule has 0 aliphatic rings. The van der Waals surface area contributed by atoms with E-state index in [4.69, 9.17) is 4.42 Å². The third kappa shape index (κ3) is 4.34. The van der Waals surface area contributed by atoms with Gasteiger partial charge in [0.1, 0.15) is 5.76 Å². The molecule has 0 unspecified atom stereocenters. The maximum absolute atomic E-state index is 11.5. The fourth-order valence-corrected chi connectivity index (χ4v) is 1.97. The quantitative estimate of drug-likeness (QED) is 0.722. The number of furan rings is 1. The van der Waals surface area contributed by atoms with Crippen molar-refractivity contribution in [2.45, 2.75) is 18.6 Å². The van der Waals surface area contributed by atoms with E-state index in [0.717, 1.165) is 0 Å². The van der Waals surface area contributed by atoms with E-state index in [0.29, 0.717) is 18.8 Å². The second kappa shape index (κ2) is 6.69. The fraction of sp³-hybridized carbons (Fsp3) is 0.545. The van der Waals surface area contributed by atoms with Gasteiger partial charge < -0.3 is 14.6 Å². The normalized spacial score (nSPS) is 11.5. The molecule has 1 aromatic heterocycles.